The predicted molar refractivity (Wildman–Crippen MR) is 91.0 cm³/mol. The number of nitrogen functional groups attached to an aromatic ring is 1. The molecule has 0 aromatic carbocycles. The summed E-state index contributed by atoms with van der Waals surface area (Å²) in [4.78, 5) is 11.7. The van der Waals surface area contributed by atoms with Gasteiger partial charge in [-0.25, -0.2) is 9.97 Å². The third-order valence-electron chi connectivity index (χ3n) is 3.39. The van der Waals surface area contributed by atoms with E-state index in [1.807, 2.05) is 18.3 Å². The molecule has 1 atom stereocenters. The summed E-state index contributed by atoms with van der Waals surface area (Å²) in [5, 5.41) is 3.48. The van der Waals surface area contributed by atoms with Gasteiger partial charge < -0.3 is 11.1 Å². The van der Waals surface area contributed by atoms with Gasteiger partial charge in [-0.05, 0) is 39.3 Å². The zero-order valence-electron chi connectivity index (χ0n) is 13.2. The maximum absolute atomic E-state index is 5.99. The van der Waals surface area contributed by atoms with E-state index in [1.165, 1.54) is 9.75 Å². The number of aryl methyl sites for hydroxylation is 2. The second-order valence-electron chi connectivity index (χ2n) is 5.51. The van der Waals surface area contributed by atoms with E-state index in [1.54, 1.807) is 0 Å². The third-order valence-corrected chi connectivity index (χ3v) is 4.41. The third kappa shape index (κ3) is 4.17. The lowest BCUT2D eigenvalue weighted by molar-refractivity contribution is 0.779. The van der Waals surface area contributed by atoms with Crippen LogP contribution in [-0.4, -0.2) is 16.0 Å². The molecule has 0 aliphatic carbocycles. The Morgan fingerprint density at radius 2 is 2.05 bits per heavy atom. The van der Waals surface area contributed by atoms with Crippen molar-refractivity contribution in [2.45, 2.75) is 53.0 Å². The molecule has 2 rings (SSSR count). The molecule has 0 amide bonds. The molecule has 3 N–H and O–H groups in total. The number of thiophene rings is 1. The first kappa shape index (κ1) is 15.8. The second-order valence-corrected chi connectivity index (χ2v) is 6.88. The number of nitrogens with zero attached hydrogens (tertiary/aromatic N) is 2. The minimum atomic E-state index is 0.311. The summed E-state index contributed by atoms with van der Waals surface area (Å²) in [5.41, 5.74) is 6.93. The number of nitrogens with one attached hydrogen (secondary N) is 1. The van der Waals surface area contributed by atoms with Gasteiger partial charge in [-0.3, -0.25) is 0 Å². The van der Waals surface area contributed by atoms with Gasteiger partial charge >= 0.3 is 0 Å². The van der Waals surface area contributed by atoms with Crippen LogP contribution in [0.4, 0.5) is 11.6 Å². The highest BCUT2D eigenvalue weighted by Crippen LogP contribution is 2.21. The first-order chi connectivity index (χ1) is 9.99. The molecule has 0 bridgehead atoms. The lowest BCUT2D eigenvalue weighted by Gasteiger charge is -2.17. The van der Waals surface area contributed by atoms with Crippen molar-refractivity contribution in [3.8, 4) is 0 Å². The fourth-order valence-corrected chi connectivity index (χ4v) is 3.26. The summed E-state index contributed by atoms with van der Waals surface area (Å²) < 4.78 is 0. The quantitative estimate of drug-likeness (QED) is 0.853. The highest BCUT2D eigenvalue weighted by molar-refractivity contribution is 7.11. The van der Waals surface area contributed by atoms with Gasteiger partial charge in [0.2, 0.25) is 0 Å². The molecule has 0 radical (unpaired) electrons. The van der Waals surface area contributed by atoms with Crippen molar-refractivity contribution in [2.75, 3.05) is 11.1 Å². The molecule has 0 fully saturated rings. The van der Waals surface area contributed by atoms with E-state index in [4.69, 9.17) is 5.73 Å². The average Bonchev–Trinajstić information content (AvgIpc) is 2.81. The molecule has 2 aromatic heterocycles. The van der Waals surface area contributed by atoms with E-state index in [-0.39, 0.29) is 0 Å². The van der Waals surface area contributed by atoms with Crippen LogP contribution in [0.25, 0.3) is 0 Å². The zero-order valence-corrected chi connectivity index (χ0v) is 14.0. The molecule has 0 spiro atoms. The topological polar surface area (TPSA) is 63.8 Å². The maximum atomic E-state index is 5.99. The Kier molecular flexibility index (Phi) is 5.17. The van der Waals surface area contributed by atoms with Crippen molar-refractivity contribution in [1.29, 1.82) is 0 Å². The van der Waals surface area contributed by atoms with E-state index >= 15 is 0 Å². The monoisotopic (exact) mass is 304 g/mol. The molecular weight excluding hydrogens is 280 g/mol. The van der Waals surface area contributed by atoms with E-state index in [2.05, 4.69) is 48.2 Å². The van der Waals surface area contributed by atoms with E-state index in [0.717, 1.165) is 36.5 Å². The summed E-state index contributed by atoms with van der Waals surface area (Å²) >= 11 is 1.85. The number of anilines is 2. The van der Waals surface area contributed by atoms with Crippen LogP contribution in [0.5, 0.6) is 0 Å². The Morgan fingerprint density at radius 3 is 2.67 bits per heavy atom. The summed E-state index contributed by atoms with van der Waals surface area (Å²) in [5.74, 6) is 2.27. The molecule has 0 saturated heterocycles. The van der Waals surface area contributed by atoms with Crippen LogP contribution in [0.2, 0.25) is 0 Å². The lowest BCUT2D eigenvalue weighted by atomic mass is 10.2. The Labute approximate surface area is 130 Å². The van der Waals surface area contributed by atoms with Gasteiger partial charge in [-0.1, -0.05) is 6.92 Å². The van der Waals surface area contributed by atoms with E-state index in [0.29, 0.717) is 11.9 Å². The largest absolute Gasteiger partial charge is 0.383 e. The molecule has 5 heteroatoms. The number of hydrogen-bond acceptors (Lipinski definition) is 5. The summed E-state index contributed by atoms with van der Waals surface area (Å²) in [7, 11) is 0. The van der Waals surface area contributed by atoms with Crippen molar-refractivity contribution in [3.63, 3.8) is 0 Å². The minimum absolute atomic E-state index is 0.311. The molecule has 21 heavy (non-hydrogen) atoms. The number of nitrogens with two attached hydrogens (primary N) is 1. The molecule has 0 aliphatic rings. The second kappa shape index (κ2) is 6.89. The highest BCUT2D eigenvalue weighted by atomic mass is 32.1. The molecule has 2 heterocycles. The first-order valence-electron chi connectivity index (χ1n) is 7.44. The van der Waals surface area contributed by atoms with Gasteiger partial charge in [0.25, 0.3) is 0 Å². The van der Waals surface area contributed by atoms with Crippen LogP contribution in [0, 0.1) is 13.8 Å². The first-order valence-corrected chi connectivity index (χ1v) is 8.26. The van der Waals surface area contributed by atoms with Gasteiger partial charge in [-0.2, -0.15) is 0 Å². The highest BCUT2D eigenvalue weighted by Gasteiger charge is 2.12. The van der Waals surface area contributed by atoms with Crippen LogP contribution in [0.3, 0.4) is 0 Å². The zero-order chi connectivity index (χ0) is 15.4. The van der Waals surface area contributed by atoms with Gasteiger partial charge in [0.1, 0.15) is 17.5 Å². The van der Waals surface area contributed by atoms with Crippen molar-refractivity contribution in [3.05, 3.63) is 33.3 Å². The van der Waals surface area contributed by atoms with Crippen LogP contribution < -0.4 is 11.1 Å². The van der Waals surface area contributed by atoms with Gasteiger partial charge in [0, 0.05) is 34.2 Å². The molecule has 0 aliphatic heterocycles. The van der Waals surface area contributed by atoms with Crippen molar-refractivity contribution in [2.24, 2.45) is 0 Å². The van der Waals surface area contributed by atoms with Crippen LogP contribution in [0.1, 0.15) is 41.4 Å². The normalized spacial score (nSPS) is 12.4. The molecule has 2 aromatic rings. The molecule has 4 nitrogen and oxygen atoms in total. The number of hydrogen-bond donors (Lipinski definition) is 2. The van der Waals surface area contributed by atoms with E-state index < -0.39 is 0 Å². The molecule has 114 valence electrons. The van der Waals surface area contributed by atoms with E-state index in [9.17, 15) is 0 Å². The molecule has 1 unspecified atom stereocenters. The van der Waals surface area contributed by atoms with Crippen molar-refractivity contribution < 1.29 is 0 Å². The summed E-state index contributed by atoms with van der Waals surface area (Å²) in [6.45, 7) is 8.40. The van der Waals surface area contributed by atoms with Gasteiger partial charge in [-0.15, -0.1) is 11.3 Å². The number of aromatic nitrogens is 2. The van der Waals surface area contributed by atoms with Crippen LogP contribution in [0.15, 0.2) is 12.1 Å². The molecular formula is C16H24N4S. The summed E-state index contributed by atoms with van der Waals surface area (Å²) in [6, 6.07) is 4.67. The van der Waals surface area contributed by atoms with Crippen LogP contribution >= 0.6 is 11.3 Å². The van der Waals surface area contributed by atoms with Gasteiger partial charge in [0.15, 0.2) is 0 Å². The Hall–Kier alpha value is -1.62. The Bertz CT molecular complexity index is 606. The van der Waals surface area contributed by atoms with Crippen molar-refractivity contribution in [1.82, 2.24) is 9.97 Å². The van der Waals surface area contributed by atoms with Crippen molar-refractivity contribution >= 4 is 23.0 Å². The average molecular weight is 304 g/mol. The smallest absolute Gasteiger partial charge is 0.134 e. The predicted octanol–water partition coefficient (Wildman–Crippen LogP) is 3.73. The Balaban J connectivity index is 2.10. The SMILES string of the molecule is CCCc1nc(N)c(C)c(NC(C)Cc2ccc(C)s2)n1. The molecule has 0 saturated carbocycles. The minimum Gasteiger partial charge on any atom is -0.383 e. The lowest BCUT2D eigenvalue weighted by Crippen LogP contribution is -2.20. The Morgan fingerprint density at radius 1 is 1.29 bits per heavy atom. The maximum Gasteiger partial charge on any atom is 0.134 e. The van der Waals surface area contributed by atoms with Gasteiger partial charge in [0.05, 0.1) is 0 Å². The van der Waals surface area contributed by atoms with Crippen LogP contribution in [-0.2, 0) is 12.8 Å². The fourth-order valence-electron chi connectivity index (χ4n) is 2.24. The fraction of sp³-hybridized carbons (Fsp3) is 0.500. The standard InChI is InChI=1S/C16H24N4S/c1-5-6-14-19-15(17)12(4)16(20-14)18-10(2)9-13-8-7-11(3)21-13/h7-8,10H,5-6,9H2,1-4H3,(H3,17,18,19,20). The number of rotatable bonds is 6. The summed E-state index contributed by atoms with van der Waals surface area (Å²) in [6.07, 6.45) is 2.87.